The molecular formula is C18H13N3O6. The van der Waals surface area contributed by atoms with Gasteiger partial charge in [-0.15, -0.1) is 0 Å². The third kappa shape index (κ3) is 3.98. The molecule has 0 aliphatic rings. The number of nitro benzene ring substituents is 1. The number of para-hydroxylation sites is 1. The van der Waals surface area contributed by atoms with Crippen LogP contribution in [-0.2, 0) is 4.79 Å². The predicted octanol–water partition coefficient (Wildman–Crippen LogP) is 2.50. The maximum Gasteiger partial charge on any atom is 0.353 e. The second-order valence-electron chi connectivity index (χ2n) is 5.46. The van der Waals surface area contributed by atoms with Gasteiger partial charge in [-0.1, -0.05) is 18.2 Å². The van der Waals surface area contributed by atoms with Gasteiger partial charge in [-0.05, 0) is 24.3 Å². The molecule has 1 aromatic heterocycles. The zero-order chi connectivity index (χ0) is 19.4. The first kappa shape index (κ1) is 17.8. The van der Waals surface area contributed by atoms with Crippen LogP contribution in [-0.4, -0.2) is 37.7 Å². The third-order valence-corrected chi connectivity index (χ3v) is 3.65. The fraction of sp³-hybridized carbons (Fsp3) is 0.0556. The number of benzene rings is 2. The number of nitrogens with zero attached hydrogens (tertiary/aromatic N) is 3. The zero-order valence-electron chi connectivity index (χ0n) is 13.8. The van der Waals surface area contributed by atoms with Crippen LogP contribution in [0.3, 0.4) is 0 Å². The number of hydrogen-bond donors (Lipinski definition) is 1. The van der Waals surface area contributed by atoms with Crippen LogP contribution < -0.4 is 4.74 Å². The molecule has 9 nitrogen and oxygen atoms in total. The molecule has 0 fully saturated rings. The van der Waals surface area contributed by atoms with Crippen molar-refractivity contribution in [3.63, 3.8) is 0 Å². The average Bonchev–Trinajstić information content (AvgIpc) is 3.16. The SMILES string of the molecule is O=C(O)C(Oc1ccc([N+](=O)[O-])cc1)C(=O)c1cnn(-c2ccccc2)c1. The molecule has 0 saturated heterocycles. The number of carboxylic acid groups (broad SMARTS) is 1. The minimum atomic E-state index is -1.81. The van der Waals surface area contributed by atoms with E-state index in [0.717, 1.165) is 12.1 Å². The Kier molecular flexibility index (Phi) is 4.93. The molecule has 0 radical (unpaired) electrons. The minimum absolute atomic E-state index is 0.0248. The van der Waals surface area contributed by atoms with Crippen molar-refractivity contribution in [2.24, 2.45) is 0 Å². The standard InChI is InChI=1S/C18H13N3O6/c22-16(12-10-19-20(11-12)13-4-2-1-3-5-13)17(18(23)24)27-15-8-6-14(7-9-15)21(25)26/h1-11,17H,(H,23,24). The Morgan fingerprint density at radius 3 is 2.37 bits per heavy atom. The van der Waals surface area contributed by atoms with Gasteiger partial charge in [0.15, 0.2) is 0 Å². The number of ether oxygens (including phenoxy) is 1. The largest absolute Gasteiger partial charge is 0.478 e. The third-order valence-electron chi connectivity index (χ3n) is 3.65. The van der Waals surface area contributed by atoms with E-state index >= 15 is 0 Å². The van der Waals surface area contributed by atoms with Gasteiger partial charge in [-0.3, -0.25) is 14.9 Å². The molecule has 2 aromatic carbocycles. The quantitative estimate of drug-likeness (QED) is 0.294. The maximum atomic E-state index is 12.5. The summed E-state index contributed by atoms with van der Waals surface area (Å²) in [4.78, 5) is 34.1. The summed E-state index contributed by atoms with van der Waals surface area (Å²) in [7, 11) is 0. The molecule has 3 aromatic rings. The maximum absolute atomic E-state index is 12.5. The van der Waals surface area contributed by atoms with Crippen molar-refractivity contribution in [1.29, 1.82) is 0 Å². The Hall–Kier alpha value is -4.01. The molecule has 1 unspecified atom stereocenters. The summed E-state index contributed by atoms with van der Waals surface area (Å²) in [6.07, 6.45) is 0.858. The number of aromatic nitrogens is 2. The van der Waals surface area contributed by atoms with E-state index in [9.17, 15) is 24.8 Å². The van der Waals surface area contributed by atoms with Crippen LogP contribution in [0.15, 0.2) is 67.0 Å². The van der Waals surface area contributed by atoms with Gasteiger partial charge in [0, 0.05) is 18.3 Å². The Labute approximate surface area is 152 Å². The van der Waals surface area contributed by atoms with Crippen molar-refractivity contribution in [3.05, 3.63) is 82.7 Å². The van der Waals surface area contributed by atoms with Gasteiger partial charge in [-0.2, -0.15) is 5.10 Å². The number of ketones is 1. The van der Waals surface area contributed by atoms with Crippen molar-refractivity contribution < 1.29 is 24.4 Å². The Morgan fingerprint density at radius 1 is 1.11 bits per heavy atom. The number of carbonyl (C=O) groups excluding carboxylic acids is 1. The first-order valence-corrected chi connectivity index (χ1v) is 7.74. The number of Topliss-reactive ketones (excluding diaryl/α,β-unsaturated/α-hetero) is 1. The molecule has 1 N–H and O–H groups in total. The van der Waals surface area contributed by atoms with E-state index in [1.165, 1.54) is 29.2 Å². The van der Waals surface area contributed by atoms with Gasteiger partial charge in [0.05, 0.1) is 22.4 Å². The van der Waals surface area contributed by atoms with Crippen LogP contribution in [0.5, 0.6) is 5.75 Å². The number of carboxylic acids is 1. The second-order valence-corrected chi connectivity index (χ2v) is 5.46. The van der Waals surface area contributed by atoms with Gasteiger partial charge >= 0.3 is 5.97 Å². The molecule has 3 rings (SSSR count). The van der Waals surface area contributed by atoms with E-state index in [4.69, 9.17) is 4.74 Å². The molecule has 0 saturated carbocycles. The molecule has 1 heterocycles. The highest BCUT2D eigenvalue weighted by atomic mass is 16.6. The van der Waals surface area contributed by atoms with Crippen molar-refractivity contribution in [3.8, 4) is 11.4 Å². The highest BCUT2D eigenvalue weighted by molar-refractivity contribution is 6.10. The molecule has 9 heteroatoms. The fourth-order valence-corrected chi connectivity index (χ4v) is 2.32. The lowest BCUT2D eigenvalue weighted by Crippen LogP contribution is -2.35. The highest BCUT2D eigenvalue weighted by Gasteiger charge is 2.30. The van der Waals surface area contributed by atoms with E-state index in [0.29, 0.717) is 5.69 Å². The van der Waals surface area contributed by atoms with E-state index in [2.05, 4.69) is 5.10 Å². The van der Waals surface area contributed by atoms with Crippen LogP contribution in [0, 0.1) is 10.1 Å². The summed E-state index contributed by atoms with van der Waals surface area (Å²) in [5.74, 6) is -2.24. The summed E-state index contributed by atoms with van der Waals surface area (Å²) >= 11 is 0. The number of hydrogen-bond acceptors (Lipinski definition) is 6. The molecule has 1 atom stereocenters. The van der Waals surface area contributed by atoms with Gasteiger partial charge in [0.25, 0.3) is 11.8 Å². The average molecular weight is 367 g/mol. The molecule has 0 spiro atoms. The van der Waals surface area contributed by atoms with Gasteiger partial charge in [-0.25, -0.2) is 9.48 Å². The van der Waals surface area contributed by atoms with E-state index < -0.39 is 22.8 Å². The molecule has 0 amide bonds. The molecule has 0 bridgehead atoms. The van der Waals surface area contributed by atoms with Crippen LogP contribution in [0.4, 0.5) is 5.69 Å². The fourth-order valence-electron chi connectivity index (χ4n) is 2.32. The van der Waals surface area contributed by atoms with Gasteiger partial charge in [0.1, 0.15) is 5.75 Å². The minimum Gasteiger partial charge on any atom is -0.478 e. The van der Waals surface area contributed by atoms with Crippen molar-refractivity contribution in [2.45, 2.75) is 6.10 Å². The summed E-state index contributed by atoms with van der Waals surface area (Å²) < 4.78 is 6.68. The van der Waals surface area contributed by atoms with Crippen LogP contribution >= 0.6 is 0 Å². The number of nitro groups is 1. The zero-order valence-corrected chi connectivity index (χ0v) is 13.8. The molecule has 0 aliphatic heterocycles. The Balaban J connectivity index is 1.80. The van der Waals surface area contributed by atoms with Crippen molar-refractivity contribution in [2.75, 3.05) is 0 Å². The van der Waals surface area contributed by atoms with Crippen molar-refractivity contribution >= 4 is 17.4 Å². The molecule has 136 valence electrons. The first-order valence-electron chi connectivity index (χ1n) is 7.74. The van der Waals surface area contributed by atoms with Crippen LogP contribution in [0.1, 0.15) is 10.4 Å². The Bertz CT molecular complexity index is 982. The summed E-state index contributed by atoms with van der Waals surface area (Å²) in [5, 5.41) is 24.1. The first-order chi connectivity index (χ1) is 13.0. The van der Waals surface area contributed by atoms with Crippen LogP contribution in [0.2, 0.25) is 0 Å². The van der Waals surface area contributed by atoms with E-state index in [-0.39, 0.29) is 17.0 Å². The van der Waals surface area contributed by atoms with Crippen LogP contribution in [0.25, 0.3) is 5.69 Å². The van der Waals surface area contributed by atoms with E-state index in [1.54, 1.807) is 24.3 Å². The second kappa shape index (κ2) is 7.48. The summed E-state index contributed by atoms with van der Waals surface area (Å²) in [6.45, 7) is 0. The Morgan fingerprint density at radius 2 is 1.78 bits per heavy atom. The van der Waals surface area contributed by atoms with Crippen molar-refractivity contribution in [1.82, 2.24) is 9.78 Å². The van der Waals surface area contributed by atoms with Gasteiger partial charge in [0.2, 0.25) is 5.78 Å². The predicted molar refractivity (Wildman–Crippen MR) is 93.0 cm³/mol. The van der Waals surface area contributed by atoms with Gasteiger partial charge < -0.3 is 9.84 Å². The number of rotatable bonds is 7. The smallest absolute Gasteiger partial charge is 0.353 e. The lowest BCUT2D eigenvalue weighted by Gasteiger charge is -2.13. The molecular weight excluding hydrogens is 354 g/mol. The van der Waals surface area contributed by atoms with E-state index in [1.807, 2.05) is 6.07 Å². The lowest BCUT2D eigenvalue weighted by molar-refractivity contribution is -0.384. The number of carbonyl (C=O) groups is 2. The normalized spacial score (nSPS) is 11.6. The lowest BCUT2D eigenvalue weighted by atomic mass is 10.1. The topological polar surface area (TPSA) is 125 Å². The number of non-ortho nitro benzene ring substituents is 1. The monoisotopic (exact) mass is 367 g/mol. The summed E-state index contributed by atoms with van der Waals surface area (Å²) in [5.41, 5.74) is 0.595. The number of aliphatic carboxylic acids is 1. The highest BCUT2D eigenvalue weighted by Crippen LogP contribution is 2.20. The molecule has 0 aliphatic carbocycles. The summed E-state index contributed by atoms with van der Waals surface area (Å²) in [6, 6.07) is 13.8. The molecule has 27 heavy (non-hydrogen) atoms.